The van der Waals surface area contributed by atoms with Crippen molar-refractivity contribution in [1.29, 1.82) is 0 Å². The van der Waals surface area contributed by atoms with Gasteiger partial charge in [0, 0.05) is 18.1 Å². The molecule has 1 aliphatic heterocycles. The fraction of sp³-hybridized carbons (Fsp3) is 0.550. The van der Waals surface area contributed by atoms with E-state index in [1.54, 1.807) is 23.1 Å². The van der Waals surface area contributed by atoms with E-state index in [9.17, 15) is 0 Å². The molecule has 11 heteroatoms. The topological polar surface area (TPSA) is 96.0 Å². The zero-order valence-corrected chi connectivity index (χ0v) is 18.7. The number of nitrogens with zero attached hydrogens (tertiary/aromatic N) is 8. The fourth-order valence-electron chi connectivity index (χ4n) is 3.67. The van der Waals surface area contributed by atoms with Gasteiger partial charge in [0.05, 0.1) is 19.8 Å². The van der Waals surface area contributed by atoms with Gasteiger partial charge in [-0.25, -0.2) is 14.3 Å². The highest BCUT2D eigenvalue weighted by Crippen LogP contribution is 2.40. The number of tetrazole rings is 1. The summed E-state index contributed by atoms with van der Waals surface area (Å²) in [6.07, 6.45) is 2.60. The molecule has 3 aromatic rings. The van der Waals surface area contributed by atoms with Crippen molar-refractivity contribution in [2.24, 2.45) is 5.41 Å². The lowest BCUT2D eigenvalue weighted by molar-refractivity contribution is -0.00390. The zero-order chi connectivity index (χ0) is 21.8. The van der Waals surface area contributed by atoms with Crippen LogP contribution in [0.2, 0.25) is 5.02 Å². The van der Waals surface area contributed by atoms with Gasteiger partial charge < -0.3 is 9.47 Å². The number of ether oxygens (including phenoxy) is 2. The average Bonchev–Trinajstić information content (AvgIpc) is 3.42. The van der Waals surface area contributed by atoms with E-state index in [0.717, 1.165) is 18.9 Å². The number of hydrogen-bond donors (Lipinski definition) is 0. The normalized spacial score (nSPS) is 17.4. The maximum atomic E-state index is 6.42. The summed E-state index contributed by atoms with van der Waals surface area (Å²) in [5.41, 5.74) is -0.266. The number of aromatic nitrogens is 7. The molecule has 1 aromatic carbocycles. The molecule has 3 heterocycles. The van der Waals surface area contributed by atoms with E-state index in [1.165, 1.54) is 6.33 Å². The minimum Gasteiger partial charge on any atom is -0.466 e. The molecular formula is C20H27ClN8O2. The van der Waals surface area contributed by atoms with Gasteiger partial charge in [-0.2, -0.15) is 5.10 Å². The van der Waals surface area contributed by atoms with E-state index in [2.05, 4.69) is 51.3 Å². The van der Waals surface area contributed by atoms with Gasteiger partial charge in [-0.1, -0.05) is 32.4 Å². The van der Waals surface area contributed by atoms with Crippen LogP contribution in [0.4, 0.5) is 0 Å². The van der Waals surface area contributed by atoms with Gasteiger partial charge in [0.15, 0.2) is 5.82 Å². The first kappa shape index (κ1) is 21.7. The Labute approximate surface area is 186 Å². The molecule has 1 fully saturated rings. The minimum absolute atomic E-state index is 0.266. The van der Waals surface area contributed by atoms with E-state index in [-0.39, 0.29) is 11.5 Å². The van der Waals surface area contributed by atoms with Crippen LogP contribution in [0.15, 0.2) is 36.9 Å². The van der Waals surface area contributed by atoms with Crippen LogP contribution >= 0.6 is 11.6 Å². The second-order valence-electron chi connectivity index (χ2n) is 8.58. The Hall–Kier alpha value is -2.56. The van der Waals surface area contributed by atoms with E-state index in [4.69, 9.17) is 21.1 Å². The largest absolute Gasteiger partial charge is 0.466 e. The van der Waals surface area contributed by atoms with Crippen molar-refractivity contribution in [2.75, 3.05) is 26.3 Å². The molecule has 0 spiro atoms. The van der Waals surface area contributed by atoms with Crippen LogP contribution in [0.3, 0.4) is 0 Å². The van der Waals surface area contributed by atoms with Gasteiger partial charge in [-0.15, -0.1) is 5.10 Å². The molecule has 0 radical (unpaired) electrons. The molecule has 0 bridgehead atoms. The van der Waals surface area contributed by atoms with Gasteiger partial charge >= 0.3 is 0 Å². The maximum absolute atomic E-state index is 6.42. The first-order valence-electron chi connectivity index (χ1n) is 10.2. The molecule has 10 nitrogen and oxygen atoms in total. The third kappa shape index (κ3) is 5.20. The van der Waals surface area contributed by atoms with Crippen LogP contribution in [-0.4, -0.2) is 66.2 Å². The molecule has 166 valence electrons. The van der Waals surface area contributed by atoms with Crippen molar-refractivity contribution >= 4 is 11.6 Å². The second-order valence-corrected chi connectivity index (χ2v) is 9.01. The number of hydrogen-bond acceptors (Lipinski definition) is 8. The van der Waals surface area contributed by atoms with Crippen LogP contribution in [0, 0.1) is 5.41 Å². The Morgan fingerprint density at radius 3 is 2.55 bits per heavy atom. The van der Waals surface area contributed by atoms with Crippen molar-refractivity contribution < 1.29 is 9.47 Å². The molecule has 0 saturated carbocycles. The van der Waals surface area contributed by atoms with Crippen molar-refractivity contribution in [3.05, 3.63) is 47.8 Å². The van der Waals surface area contributed by atoms with E-state index < -0.39 is 6.23 Å². The van der Waals surface area contributed by atoms with Crippen molar-refractivity contribution in [3.63, 3.8) is 0 Å². The summed E-state index contributed by atoms with van der Waals surface area (Å²) in [5.74, 6) is 1.44. The third-order valence-corrected chi connectivity index (χ3v) is 5.47. The van der Waals surface area contributed by atoms with Crippen LogP contribution in [0.1, 0.15) is 38.9 Å². The molecule has 0 N–H and O–H groups in total. The summed E-state index contributed by atoms with van der Waals surface area (Å²) in [7, 11) is 0. The SMILES string of the molecule is CC(C)(C)[C@@H]([C@H](Oc1ccc(Cl)cc1)n1cncn1)n1nnnc1CN1CCOCC1. The van der Waals surface area contributed by atoms with E-state index in [0.29, 0.717) is 30.5 Å². The Kier molecular flexibility index (Phi) is 6.49. The predicted molar refractivity (Wildman–Crippen MR) is 114 cm³/mol. The number of halogens is 1. The second kappa shape index (κ2) is 9.29. The Morgan fingerprint density at radius 1 is 1.16 bits per heavy atom. The van der Waals surface area contributed by atoms with E-state index in [1.807, 2.05) is 16.8 Å². The van der Waals surface area contributed by atoms with Gasteiger partial charge in [0.25, 0.3) is 0 Å². The van der Waals surface area contributed by atoms with Gasteiger partial charge in [0.2, 0.25) is 6.23 Å². The fourth-order valence-corrected chi connectivity index (χ4v) is 3.80. The first-order chi connectivity index (χ1) is 14.9. The van der Waals surface area contributed by atoms with Crippen molar-refractivity contribution in [3.8, 4) is 5.75 Å². The summed E-state index contributed by atoms with van der Waals surface area (Å²) in [6, 6.07) is 6.99. The number of morpholine rings is 1. The number of benzene rings is 1. The van der Waals surface area contributed by atoms with E-state index >= 15 is 0 Å². The molecule has 1 saturated heterocycles. The van der Waals surface area contributed by atoms with Crippen LogP contribution < -0.4 is 4.74 Å². The highest BCUT2D eigenvalue weighted by atomic mass is 35.5. The summed E-state index contributed by atoms with van der Waals surface area (Å²) < 4.78 is 15.4. The van der Waals surface area contributed by atoms with Crippen LogP contribution in [0.5, 0.6) is 5.75 Å². The Balaban J connectivity index is 1.69. The highest BCUT2D eigenvalue weighted by molar-refractivity contribution is 6.30. The van der Waals surface area contributed by atoms with Gasteiger partial charge in [-0.3, -0.25) is 4.90 Å². The lowest BCUT2D eigenvalue weighted by atomic mass is 9.85. The summed E-state index contributed by atoms with van der Waals surface area (Å²) in [5, 5.41) is 17.7. The summed E-state index contributed by atoms with van der Waals surface area (Å²) >= 11 is 6.05. The van der Waals surface area contributed by atoms with Crippen molar-refractivity contribution in [1.82, 2.24) is 39.9 Å². The maximum Gasteiger partial charge on any atom is 0.215 e. The minimum atomic E-state index is -0.532. The summed E-state index contributed by atoms with van der Waals surface area (Å²) in [4.78, 5) is 6.42. The zero-order valence-electron chi connectivity index (χ0n) is 17.9. The molecule has 0 aliphatic carbocycles. The van der Waals surface area contributed by atoms with Crippen molar-refractivity contribution in [2.45, 2.75) is 39.6 Å². The molecule has 2 aromatic heterocycles. The van der Waals surface area contributed by atoms with Gasteiger partial charge in [0.1, 0.15) is 24.4 Å². The standard InChI is InChI=1S/C20H27ClN8O2/c1-20(2,3)18(29-17(24-25-26-29)12-27-8-10-30-11-9-27)19(28-14-22-13-23-28)31-16-6-4-15(21)5-7-16/h4-7,13-14,18-19H,8-12H2,1-3H3/t18-,19+/m1/s1. The molecule has 4 rings (SSSR count). The summed E-state index contributed by atoms with van der Waals surface area (Å²) in [6.45, 7) is 10.2. The first-order valence-corrected chi connectivity index (χ1v) is 10.6. The Morgan fingerprint density at radius 2 is 1.90 bits per heavy atom. The predicted octanol–water partition coefficient (Wildman–Crippen LogP) is 2.62. The highest BCUT2D eigenvalue weighted by Gasteiger charge is 2.40. The van der Waals surface area contributed by atoms with Crippen LogP contribution in [0.25, 0.3) is 0 Å². The molecular weight excluding hydrogens is 420 g/mol. The molecule has 31 heavy (non-hydrogen) atoms. The van der Waals surface area contributed by atoms with Gasteiger partial charge in [-0.05, 0) is 40.1 Å². The smallest absolute Gasteiger partial charge is 0.215 e. The molecule has 2 atom stereocenters. The van der Waals surface area contributed by atoms with Crippen LogP contribution in [-0.2, 0) is 11.3 Å². The monoisotopic (exact) mass is 446 g/mol. The molecule has 0 amide bonds. The lowest BCUT2D eigenvalue weighted by Crippen LogP contribution is -2.40. The third-order valence-electron chi connectivity index (χ3n) is 5.22. The molecule has 1 aliphatic rings. The molecule has 0 unspecified atom stereocenters. The Bertz CT molecular complexity index is 948. The average molecular weight is 447 g/mol. The quantitative estimate of drug-likeness (QED) is 0.546. The number of rotatable bonds is 7. The lowest BCUT2D eigenvalue weighted by Gasteiger charge is -2.37.